The monoisotopic (exact) mass is 234 g/mol. The van der Waals surface area contributed by atoms with Crippen molar-refractivity contribution >= 4 is 0 Å². The number of nitrogens with one attached hydrogen (secondary N) is 1. The van der Waals surface area contributed by atoms with E-state index in [9.17, 15) is 14.3 Å². The Morgan fingerprint density at radius 3 is 2.53 bits per heavy atom. The minimum absolute atomic E-state index is 0.0576. The zero-order valence-electron chi connectivity index (χ0n) is 9.20. The van der Waals surface area contributed by atoms with E-state index in [2.05, 4.69) is 9.97 Å². The summed E-state index contributed by atoms with van der Waals surface area (Å²) in [5.74, 6) is -0.321. The van der Waals surface area contributed by atoms with Crippen molar-refractivity contribution in [2.45, 2.75) is 13.3 Å². The molecular weight excluding hydrogens is 223 g/mol. The van der Waals surface area contributed by atoms with Gasteiger partial charge >= 0.3 is 0 Å². The van der Waals surface area contributed by atoms with Crippen LogP contribution in [0.4, 0.5) is 4.39 Å². The molecule has 1 heterocycles. The quantitative estimate of drug-likeness (QED) is 0.833. The maximum absolute atomic E-state index is 12.8. The highest BCUT2D eigenvalue weighted by molar-refractivity contribution is 5.66. The van der Waals surface area contributed by atoms with Crippen LogP contribution < -0.4 is 5.56 Å². The van der Waals surface area contributed by atoms with Crippen molar-refractivity contribution in [2.75, 3.05) is 0 Å². The lowest BCUT2D eigenvalue weighted by Gasteiger charge is -2.04. The minimum Gasteiger partial charge on any atom is -0.493 e. The van der Waals surface area contributed by atoms with Crippen molar-refractivity contribution in [1.82, 2.24) is 9.97 Å². The highest BCUT2D eigenvalue weighted by Crippen LogP contribution is 2.23. The van der Waals surface area contributed by atoms with Gasteiger partial charge in [-0.1, -0.05) is 19.1 Å². The van der Waals surface area contributed by atoms with Gasteiger partial charge in [0.2, 0.25) is 5.88 Å². The van der Waals surface area contributed by atoms with Gasteiger partial charge in [0, 0.05) is 6.42 Å². The number of aryl methyl sites for hydroxylation is 1. The molecule has 0 spiro atoms. The Morgan fingerprint density at radius 2 is 2.00 bits per heavy atom. The molecule has 17 heavy (non-hydrogen) atoms. The maximum atomic E-state index is 12.8. The Bertz CT molecular complexity index is 590. The molecule has 2 aromatic rings. The second-order valence-corrected chi connectivity index (χ2v) is 3.57. The number of nitrogens with zero attached hydrogens (tertiary/aromatic N) is 1. The van der Waals surface area contributed by atoms with Crippen molar-refractivity contribution in [1.29, 1.82) is 0 Å². The number of aromatic amines is 1. The van der Waals surface area contributed by atoms with Crippen LogP contribution in [0.15, 0.2) is 29.1 Å². The third-order valence-electron chi connectivity index (χ3n) is 2.42. The van der Waals surface area contributed by atoms with E-state index in [-0.39, 0.29) is 11.4 Å². The molecule has 0 saturated carbocycles. The molecule has 0 atom stereocenters. The normalized spacial score (nSPS) is 10.5. The van der Waals surface area contributed by atoms with Crippen LogP contribution in [-0.2, 0) is 6.42 Å². The Balaban J connectivity index is 2.60. The summed E-state index contributed by atoms with van der Waals surface area (Å²) in [7, 11) is 0. The van der Waals surface area contributed by atoms with Crippen LogP contribution in [0, 0.1) is 5.82 Å². The van der Waals surface area contributed by atoms with Gasteiger partial charge in [0.25, 0.3) is 5.56 Å². The number of halogens is 1. The molecule has 0 unspecified atom stereocenters. The Kier molecular flexibility index (Phi) is 2.91. The van der Waals surface area contributed by atoms with E-state index >= 15 is 0 Å². The molecular formula is C12H11FN2O2. The van der Waals surface area contributed by atoms with E-state index < -0.39 is 11.4 Å². The Hall–Kier alpha value is -2.17. The van der Waals surface area contributed by atoms with Gasteiger partial charge in [-0.15, -0.1) is 0 Å². The average Bonchev–Trinajstić information content (AvgIpc) is 2.30. The molecule has 2 rings (SSSR count). The lowest BCUT2D eigenvalue weighted by Crippen LogP contribution is -2.13. The summed E-state index contributed by atoms with van der Waals surface area (Å²) < 4.78 is 12.8. The Morgan fingerprint density at radius 1 is 1.35 bits per heavy atom. The number of benzene rings is 1. The summed E-state index contributed by atoms with van der Waals surface area (Å²) in [6.45, 7) is 1.81. The van der Waals surface area contributed by atoms with Crippen LogP contribution in [0.3, 0.4) is 0 Å². The van der Waals surface area contributed by atoms with Crippen molar-refractivity contribution in [3.05, 3.63) is 46.3 Å². The van der Waals surface area contributed by atoms with Gasteiger partial charge in [0.1, 0.15) is 17.2 Å². The zero-order chi connectivity index (χ0) is 12.4. The maximum Gasteiger partial charge on any atom is 0.262 e. The molecule has 2 N–H and O–H groups in total. The molecule has 88 valence electrons. The van der Waals surface area contributed by atoms with E-state index in [0.717, 1.165) is 0 Å². The lowest BCUT2D eigenvalue weighted by molar-refractivity contribution is 0.450. The first-order chi connectivity index (χ1) is 8.11. The second-order valence-electron chi connectivity index (χ2n) is 3.57. The molecule has 0 aliphatic heterocycles. The summed E-state index contributed by atoms with van der Waals surface area (Å²) in [6.07, 6.45) is 0.520. The van der Waals surface area contributed by atoms with Crippen molar-refractivity contribution in [2.24, 2.45) is 0 Å². The molecule has 1 aromatic carbocycles. The fourth-order valence-corrected chi connectivity index (χ4v) is 1.55. The van der Waals surface area contributed by atoms with Gasteiger partial charge in [-0.2, -0.15) is 4.98 Å². The predicted octanol–water partition coefficient (Wildman–Crippen LogP) is 1.84. The Labute approximate surface area is 96.8 Å². The van der Waals surface area contributed by atoms with Crippen molar-refractivity contribution < 1.29 is 9.50 Å². The van der Waals surface area contributed by atoms with Crippen LogP contribution in [0.5, 0.6) is 5.88 Å². The zero-order valence-corrected chi connectivity index (χ0v) is 9.20. The first-order valence-corrected chi connectivity index (χ1v) is 5.20. The largest absolute Gasteiger partial charge is 0.493 e. The highest BCUT2D eigenvalue weighted by atomic mass is 19.1. The highest BCUT2D eigenvalue weighted by Gasteiger charge is 2.12. The van der Waals surface area contributed by atoms with Crippen LogP contribution in [-0.4, -0.2) is 15.1 Å². The fourth-order valence-electron chi connectivity index (χ4n) is 1.55. The van der Waals surface area contributed by atoms with Gasteiger partial charge in [-0.05, 0) is 17.7 Å². The number of hydrogen-bond acceptors (Lipinski definition) is 3. The van der Waals surface area contributed by atoms with Gasteiger partial charge in [-0.25, -0.2) is 4.39 Å². The van der Waals surface area contributed by atoms with Crippen LogP contribution >= 0.6 is 0 Å². The second kappa shape index (κ2) is 4.37. The molecule has 1 aromatic heterocycles. The smallest absolute Gasteiger partial charge is 0.262 e. The molecule has 0 saturated heterocycles. The molecule has 0 bridgehead atoms. The van der Waals surface area contributed by atoms with Gasteiger partial charge in [0.05, 0.1) is 0 Å². The first kappa shape index (κ1) is 11.3. The SMILES string of the molecule is CCc1nc(O)c(-c2ccc(F)cc2)c(=O)[nH]1. The van der Waals surface area contributed by atoms with Gasteiger partial charge < -0.3 is 10.1 Å². The van der Waals surface area contributed by atoms with Crippen molar-refractivity contribution in [3.63, 3.8) is 0 Å². The summed E-state index contributed by atoms with van der Waals surface area (Å²) in [5.41, 5.74) is 0.0588. The molecule has 0 fully saturated rings. The number of H-pyrrole nitrogens is 1. The topological polar surface area (TPSA) is 66.0 Å². The van der Waals surface area contributed by atoms with Crippen LogP contribution in [0.1, 0.15) is 12.7 Å². The third-order valence-corrected chi connectivity index (χ3v) is 2.42. The molecule has 5 heteroatoms. The standard InChI is InChI=1S/C12H11FN2O2/c1-2-9-14-11(16)10(12(17)15-9)7-3-5-8(13)6-4-7/h3-6H,2H2,1H3,(H2,14,15,16,17). The molecule has 0 amide bonds. The summed E-state index contributed by atoms with van der Waals surface area (Å²) in [4.78, 5) is 18.2. The number of hydrogen-bond donors (Lipinski definition) is 2. The van der Waals surface area contributed by atoms with E-state index in [4.69, 9.17) is 0 Å². The third kappa shape index (κ3) is 2.18. The minimum atomic E-state index is -0.430. The van der Waals surface area contributed by atoms with E-state index in [1.807, 2.05) is 6.92 Å². The van der Waals surface area contributed by atoms with Crippen molar-refractivity contribution in [3.8, 4) is 17.0 Å². The lowest BCUT2D eigenvalue weighted by atomic mass is 10.1. The molecule has 0 aliphatic carbocycles. The first-order valence-electron chi connectivity index (χ1n) is 5.20. The van der Waals surface area contributed by atoms with E-state index in [0.29, 0.717) is 17.8 Å². The number of aromatic hydroxyl groups is 1. The van der Waals surface area contributed by atoms with Crippen LogP contribution in [0.25, 0.3) is 11.1 Å². The average molecular weight is 234 g/mol. The molecule has 0 radical (unpaired) electrons. The fraction of sp³-hybridized carbons (Fsp3) is 0.167. The predicted molar refractivity (Wildman–Crippen MR) is 61.3 cm³/mol. The summed E-state index contributed by atoms with van der Waals surface area (Å²) in [6, 6.07) is 5.30. The molecule has 4 nitrogen and oxygen atoms in total. The molecule has 0 aliphatic rings. The van der Waals surface area contributed by atoms with Crippen LogP contribution in [0.2, 0.25) is 0 Å². The van der Waals surface area contributed by atoms with E-state index in [1.165, 1.54) is 24.3 Å². The summed E-state index contributed by atoms with van der Waals surface area (Å²) >= 11 is 0. The number of rotatable bonds is 2. The summed E-state index contributed by atoms with van der Waals surface area (Å²) in [5, 5.41) is 9.70. The van der Waals surface area contributed by atoms with E-state index in [1.54, 1.807) is 0 Å². The van der Waals surface area contributed by atoms with Gasteiger partial charge in [-0.3, -0.25) is 4.79 Å². The number of aromatic nitrogens is 2. The van der Waals surface area contributed by atoms with Gasteiger partial charge in [0.15, 0.2) is 0 Å².